The van der Waals surface area contributed by atoms with Crippen LogP contribution in [-0.2, 0) is 39.8 Å². The molecule has 5 atom stereocenters. The molecular formula is C44H54N2O10. The largest absolute Gasteiger partial charge is 0.508 e. The number of phenols is 1. The number of para-hydroxylation sites is 1. The lowest BCUT2D eigenvalue weighted by Gasteiger charge is -2.33. The smallest absolute Gasteiger partial charge is 0.338 e. The first-order valence-corrected chi connectivity index (χ1v) is 20.1. The number of rotatable bonds is 14. The first-order chi connectivity index (χ1) is 26.8. The number of hydrogen-bond acceptors (Lipinski definition) is 10. The van der Waals surface area contributed by atoms with E-state index in [2.05, 4.69) is 5.32 Å². The molecule has 5 aliphatic rings. The summed E-state index contributed by atoms with van der Waals surface area (Å²) in [5, 5.41) is 23.0. The second kappa shape index (κ2) is 16.5. The van der Waals surface area contributed by atoms with E-state index in [1.807, 2.05) is 36.4 Å². The number of ether oxygens (including phenoxy) is 4. The zero-order valence-corrected chi connectivity index (χ0v) is 32.5. The number of aliphatic hydroxyl groups is 1. The van der Waals surface area contributed by atoms with Crippen molar-refractivity contribution >= 4 is 29.8 Å². The Morgan fingerprint density at radius 2 is 1.77 bits per heavy atom. The summed E-state index contributed by atoms with van der Waals surface area (Å²) in [6.07, 6.45) is 9.51. The lowest BCUT2D eigenvalue weighted by molar-refractivity contribution is -0.209. The number of phenolic OH excluding ortho intramolecular Hbond substituents is 1. The number of carbonyl (C=O) groups excluding carboxylic acids is 4. The van der Waals surface area contributed by atoms with Gasteiger partial charge in [-0.1, -0.05) is 42.5 Å². The summed E-state index contributed by atoms with van der Waals surface area (Å²) in [5.41, 5.74) is 1.70. The van der Waals surface area contributed by atoms with Gasteiger partial charge in [0, 0.05) is 36.8 Å². The second-order valence-corrected chi connectivity index (χ2v) is 16.8. The van der Waals surface area contributed by atoms with E-state index in [1.54, 1.807) is 56.0 Å². The fourth-order valence-electron chi connectivity index (χ4n) is 8.20. The van der Waals surface area contributed by atoms with Crippen LogP contribution < -0.4 is 5.32 Å². The number of hydrogen-bond donors (Lipinski definition) is 3. The zero-order chi connectivity index (χ0) is 39.6. The maximum absolute atomic E-state index is 14.3. The van der Waals surface area contributed by atoms with E-state index in [9.17, 15) is 29.4 Å². The van der Waals surface area contributed by atoms with Crippen LogP contribution in [0.1, 0.15) is 100 Å². The molecule has 0 spiro atoms. The van der Waals surface area contributed by atoms with Crippen LogP contribution in [-0.4, -0.2) is 93.8 Å². The molecule has 0 unspecified atom stereocenters. The van der Waals surface area contributed by atoms with Crippen LogP contribution in [0.15, 0.2) is 66.3 Å². The quantitative estimate of drug-likeness (QED) is 0.213. The number of aliphatic hydroxyl groups excluding tert-OH is 1. The van der Waals surface area contributed by atoms with Crippen molar-refractivity contribution in [1.82, 2.24) is 10.2 Å². The summed E-state index contributed by atoms with van der Waals surface area (Å²) >= 11 is 0. The van der Waals surface area contributed by atoms with Crippen molar-refractivity contribution < 1.29 is 48.3 Å². The number of amides is 2. The summed E-state index contributed by atoms with van der Waals surface area (Å²) < 4.78 is 25.2. The summed E-state index contributed by atoms with van der Waals surface area (Å²) in [4.78, 5) is 55.6. The Labute approximate surface area is 328 Å². The lowest BCUT2D eigenvalue weighted by Crippen LogP contribution is -2.51. The molecule has 2 saturated carbocycles. The van der Waals surface area contributed by atoms with Gasteiger partial charge in [0.1, 0.15) is 35.7 Å². The van der Waals surface area contributed by atoms with Gasteiger partial charge < -0.3 is 39.4 Å². The first kappa shape index (κ1) is 39.7. The van der Waals surface area contributed by atoms with Gasteiger partial charge in [0.05, 0.1) is 18.2 Å². The highest BCUT2D eigenvalue weighted by Crippen LogP contribution is 2.59. The van der Waals surface area contributed by atoms with E-state index in [1.165, 1.54) is 0 Å². The van der Waals surface area contributed by atoms with E-state index in [-0.39, 0.29) is 49.4 Å². The van der Waals surface area contributed by atoms with Gasteiger partial charge in [-0.3, -0.25) is 14.4 Å². The van der Waals surface area contributed by atoms with Gasteiger partial charge in [0.2, 0.25) is 11.8 Å². The third-order valence-electron chi connectivity index (χ3n) is 11.2. The highest BCUT2D eigenvalue weighted by molar-refractivity contribution is 5.98. The van der Waals surface area contributed by atoms with Crippen molar-refractivity contribution in [2.45, 2.75) is 127 Å². The summed E-state index contributed by atoms with van der Waals surface area (Å²) in [6, 6.07) is 12.8. The number of fused-ring (bicyclic) bond motifs is 1. The van der Waals surface area contributed by atoms with Crippen LogP contribution >= 0.6 is 0 Å². The standard InChI is InChI=1S/C44H54N2O10/c1-43(2,3)55-38(49)21-20-33(26-47)45-40(50)34-14-8-22-46(34)41(51)30-24-36(39-37(25-30)54-44(56-39,31-16-17-31)32-18-19-32)53-42(52)29-13-7-10-27(23-29)9-6-12-28-11-4-5-15-35(28)48/h4-7,9-11,13,15,23,25,31-34,36-37,39,47-48H,8,12,14,16-22,24,26H2,1-3H3,(H,45,50)/t33-,34+,36+,37+,39-/m0/s1. The Morgan fingerprint density at radius 1 is 1.02 bits per heavy atom. The van der Waals surface area contributed by atoms with Gasteiger partial charge >= 0.3 is 11.9 Å². The van der Waals surface area contributed by atoms with Gasteiger partial charge in [-0.2, -0.15) is 0 Å². The van der Waals surface area contributed by atoms with E-state index in [4.69, 9.17) is 18.9 Å². The molecule has 3 N–H and O–H groups in total. The Morgan fingerprint density at radius 3 is 2.46 bits per heavy atom. The van der Waals surface area contributed by atoms with Crippen molar-refractivity contribution in [3.8, 4) is 5.75 Å². The molecule has 12 nitrogen and oxygen atoms in total. The molecular weight excluding hydrogens is 716 g/mol. The fraction of sp³-hybridized carbons (Fsp3) is 0.545. The minimum Gasteiger partial charge on any atom is -0.508 e. The Kier molecular flexibility index (Phi) is 11.7. The number of esters is 2. The van der Waals surface area contributed by atoms with E-state index >= 15 is 0 Å². The molecule has 2 aromatic carbocycles. The molecule has 300 valence electrons. The second-order valence-electron chi connectivity index (χ2n) is 16.8. The molecule has 12 heteroatoms. The Balaban J connectivity index is 1.05. The molecule has 2 heterocycles. The molecule has 0 aromatic heterocycles. The molecule has 56 heavy (non-hydrogen) atoms. The lowest BCUT2D eigenvalue weighted by atomic mass is 9.91. The molecule has 2 aromatic rings. The van der Waals surface area contributed by atoms with Crippen molar-refractivity contribution in [3.63, 3.8) is 0 Å². The molecule has 7 rings (SSSR count). The SMILES string of the molecule is CC(C)(C)OC(=O)CC[C@@H](CO)NC(=O)[C@H]1CCCN1C(=O)C1=C[C@H]2OC(C3CC3)(C3CC3)O[C@H]2[C@H](OC(=O)c2cccc(C=CCc3ccccc3O)c2)C1. The normalized spacial score (nSPS) is 25.0. The van der Waals surface area contributed by atoms with Crippen molar-refractivity contribution in [2.24, 2.45) is 11.8 Å². The van der Waals surface area contributed by atoms with Crippen LogP contribution in [0.3, 0.4) is 0 Å². The average Bonchev–Trinajstić information content (AvgIpc) is 4.11. The molecule has 4 fully saturated rings. The molecule has 2 saturated heterocycles. The fourth-order valence-corrected chi connectivity index (χ4v) is 8.20. The third kappa shape index (κ3) is 9.19. The molecule has 0 radical (unpaired) electrons. The van der Waals surface area contributed by atoms with Crippen LogP contribution in [0, 0.1) is 11.8 Å². The Bertz CT molecular complexity index is 1850. The van der Waals surface area contributed by atoms with Gasteiger partial charge in [0.15, 0.2) is 5.79 Å². The summed E-state index contributed by atoms with van der Waals surface area (Å²) in [7, 11) is 0. The molecule has 2 amide bonds. The topological polar surface area (TPSA) is 161 Å². The molecule has 3 aliphatic carbocycles. The molecule has 0 bridgehead atoms. The minimum atomic E-state index is -0.808. The predicted octanol–water partition coefficient (Wildman–Crippen LogP) is 5.39. The van der Waals surface area contributed by atoms with E-state index < -0.39 is 59.6 Å². The first-order valence-electron chi connectivity index (χ1n) is 20.1. The van der Waals surface area contributed by atoms with Crippen molar-refractivity contribution in [2.75, 3.05) is 13.2 Å². The van der Waals surface area contributed by atoms with Crippen molar-refractivity contribution in [1.29, 1.82) is 0 Å². The van der Waals surface area contributed by atoms with Gasteiger partial charge in [-0.05, 0) is 108 Å². The monoisotopic (exact) mass is 770 g/mol. The van der Waals surface area contributed by atoms with Crippen LogP contribution in [0.25, 0.3) is 6.08 Å². The van der Waals surface area contributed by atoms with Crippen molar-refractivity contribution in [3.05, 3.63) is 82.9 Å². The van der Waals surface area contributed by atoms with E-state index in [0.29, 0.717) is 36.9 Å². The van der Waals surface area contributed by atoms with Gasteiger partial charge in [-0.25, -0.2) is 4.79 Å². The van der Waals surface area contributed by atoms with Crippen LogP contribution in [0.5, 0.6) is 5.75 Å². The number of allylic oxidation sites excluding steroid dienone is 1. The minimum absolute atomic E-state index is 0.0254. The highest BCUT2D eigenvalue weighted by Gasteiger charge is 2.64. The number of nitrogens with one attached hydrogen (secondary N) is 1. The van der Waals surface area contributed by atoms with Gasteiger partial charge in [-0.15, -0.1) is 0 Å². The van der Waals surface area contributed by atoms with E-state index in [0.717, 1.165) is 36.8 Å². The number of aromatic hydroxyl groups is 1. The maximum atomic E-state index is 14.3. The highest BCUT2D eigenvalue weighted by atomic mass is 16.8. The van der Waals surface area contributed by atoms with Crippen LogP contribution in [0.2, 0.25) is 0 Å². The number of carbonyl (C=O) groups is 4. The number of likely N-dealkylation sites (tertiary alicyclic amines) is 1. The molecule has 2 aliphatic heterocycles. The number of nitrogens with zero attached hydrogens (tertiary/aromatic N) is 1. The zero-order valence-electron chi connectivity index (χ0n) is 32.5. The summed E-state index contributed by atoms with van der Waals surface area (Å²) in [6.45, 7) is 5.33. The Hall–Kier alpha value is -4.52. The third-order valence-corrected chi connectivity index (χ3v) is 11.2. The van der Waals surface area contributed by atoms with Crippen LogP contribution in [0.4, 0.5) is 0 Å². The number of benzene rings is 2. The van der Waals surface area contributed by atoms with Gasteiger partial charge in [0.25, 0.3) is 0 Å². The maximum Gasteiger partial charge on any atom is 0.338 e. The predicted molar refractivity (Wildman–Crippen MR) is 206 cm³/mol. The average molecular weight is 771 g/mol. The summed E-state index contributed by atoms with van der Waals surface area (Å²) in [5.74, 6) is -1.71.